The van der Waals surface area contributed by atoms with Crippen molar-refractivity contribution >= 4 is 22.9 Å². The number of ether oxygens (including phenoxy) is 1. The van der Waals surface area contributed by atoms with Gasteiger partial charge in [0, 0.05) is 23.7 Å². The lowest BCUT2D eigenvalue weighted by Crippen LogP contribution is -2.20. The average Bonchev–Trinajstić information content (AvgIpc) is 3.39. The number of nitrogens with zero attached hydrogens (tertiary/aromatic N) is 3. The van der Waals surface area contributed by atoms with E-state index < -0.39 is 0 Å². The first kappa shape index (κ1) is 25.0. The molecular weight excluding hydrogens is 472 g/mol. The van der Waals surface area contributed by atoms with Gasteiger partial charge in [-0.05, 0) is 74.5 Å². The van der Waals surface area contributed by atoms with E-state index >= 15 is 0 Å². The minimum Gasteiger partial charge on any atom is -0.393 e. The third kappa shape index (κ3) is 5.09. The fraction of sp³-hybridized carbons (Fsp3) is 0.464. The summed E-state index contributed by atoms with van der Waals surface area (Å²) >= 11 is 1.49. The maximum absolute atomic E-state index is 13.6. The molecule has 0 unspecified atom stereocenters. The molecule has 2 aliphatic rings. The van der Waals surface area contributed by atoms with Gasteiger partial charge in [0.25, 0.3) is 0 Å². The predicted octanol–water partition coefficient (Wildman–Crippen LogP) is 4.37. The molecule has 1 fully saturated rings. The van der Waals surface area contributed by atoms with E-state index in [2.05, 4.69) is 59.4 Å². The van der Waals surface area contributed by atoms with Gasteiger partial charge in [0.1, 0.15) is 18.2 Å². The van der Waals surface area contributed by atoms with Gasteiger partial charge in [0.05, 0.1) is 23.2 Å². The largest absolute Gasteiger partial charge is 0.393 e. The summed E-state index contributed by atoms with van der Waals surface area (Å²) in [6.07, 6.45) is 4.92. The Morgan fingerprint density at radius 2 is 2.08 bits per heavy atom. The highest BCUT2D eigenvalue weighted by Crippen LogP contribution is 2.39. The Morgan fingerprint density at radius 1 is 1.25 bits per heavy atom. The number of aliphatic hydroxyl groups excluding tert-OH is 1. The monoisotopic (exact) mass is 506 g/mol. The van der Waals surface area contributed by atoms with Crippen LogP contribution in [0.4, 0.5) is 5.82 Å². The van der Waals surface area contributed by atoms with Gasteiger partial charge < -0.3 is 20.1 Å². The van der Waals surface area contributed by atoms with Crippen molar-refractivity contribution in [3.63, 3.8) is 0 Å². The molecule has 36 heavy (non-hydrogen) atoms. The second-order valence-electron chi connectivity index (χ2n) is 10.4. The van der Waals surface area contributed by atoms with Crippen molar-refractivity contribution in [2.24, 2.45) is 5.92 Å². The molecule has 3 aromatic rings. The second kappa shape index (κ2) is 10.4. The summed E-state index contributed by atoms with van der Waals surface area (Å²) in [4.78, 5) is 26.0. The van der Waals surface area contributed by atoms with Gasteiger partial charge in [-0.15, -0.1) is 11.3 Å². The standard InChI is InChI=1S/C28H34N4O3S/c1-16-9-20(11-24(16)33)31-28-23(13-29-15-30-28)26(34)25-12-21(17(2)36-25)27-22-10-18(14-32(3)4)5-6-19(22)7-8-35-27/h5-6,10,12-13,15-16,20,24,27,33H,7-9,11,14H2,1-4H3,(H,29,30,31)/t16-,20-,24-,27-/m1/s1. The minimum atomic E-state index is -0.331. The first-order valence-corrected chi connectivity index (χ1v) is 13.4. The van der Waals surface area contributed by atoms with Crippen LogP contribution in [0.15, 0.2) is 36.8 Å². The fourth-order valence-electron chi connectivity index (χ4n) is 5.36. The maximum atomic E-state index is 13.6. The minimum absolute atomic E-state index is 0.0839. The van der Waals surface area contributed by atoms with Crippen LogP contribution < -0.4 is 5.32 Å². The Labute approximate surface area is 216 Å². The molecule has 1 aromatic carbocycles. The van der Waals surface area contributed by atoms with Gasteiger partial charge in [-0.1, -0.05) is 25.1 Å². The van der Waals surface area contributed by atoms with E-state index in [0.717, 1.165) is 29.8 Å². The smallest absolute Gasteiger partial charge is 0.208 e. The molecule has 2 N–H and O–H groups in total. The number of ketones is 1. The first-order valence-electron chi connectivity index (χ1n) is 12.6. The average molecular weight is 507 g/mol. The Bertz CT molecular complexity index is 1250. The number of carbonyl (C=O) groups is 1. The van der Waals surface area contributed by atoms with E-state index in [9.17, 15) is 9.90 Å². The Hall–Kier alpha value is -2.65. The molecule has 190 valence electrons. The summed E-state index contributed by atoms with van der Waals surface area (Å²) in [5.74, 6) is 0.658. The number of thiophene rings is 1. The van der Waals surface area contributed by atoms with Crippen molar-refractivity contribution in [3.05, 3.63) is 74.4 Å². The molecule has 0 radical (unpaired) electrons. The molecule has 5 rings (SSSR count). The van der Waals surface area contributed by atoms with E-state index in [1.165, 1.54) is 34.4 Å². The summed E-state index contributed by atoms with van der Waals surface area (Å²) in [5.41, 5.74) is 5.26. The number of aromatic nitrogens is 2. The van der Waals surface area contributed by atoms with Crippen molar-refractivity contribution in [2.75, 3.05) is 26.0 Å². The fourth-order valence-corrected chi connectivity index (χ4v) is 6.36. The van der Waals surface area contributed by atoms with Crippen molar-refractivity contribution in [1.82, 2.24) is 14.9 Å². The van der Waals surface area contributed by atoms with Gasteiger partial charge in [0.15, 0.2) is 0 Å². The highest BCUT2D eigenvalue weighted by molar-refractivity contribution is 7.14. The molecular formula is C28H34N4O3S. The van der Waals surface area contributed by atoms with Crippen LogP contribution in [0.1, 0.15) is 68.2 Å². The van der Waals surface area contributed by atoms with E-state index in [-0.39, 0.29) is 30.0 Å². The second-order valence-corrected chi connectivity index (χ2v) is 11.6. The molecule has 1 aliphatic carbocycles. The molecule has 4 atom stereocenters. The number of hydrogen-bond donors (Lipinski definition) is 2. The van der Waals surface area contributed by atoms with Crippen molar-refractivity contribution in [2.45, 2.75) is 57.9 Å². The Morgan fingerprint density at radius 3 is 2.83 bits per heavy atom. The number of benzene rings is 1. The van der Waals surface area contributed by atoms with Crippen LogP contribution in [0, 0.1) is 12.8 Å². The Balaban J connectivity index is 1.42. The molecule has 0 amide bonds. The van der Waals surface area contributed by atoms with Crippen LogP contribution in [-0.2, 0) is 17.7 Å². The van der Waals surface area contributed by atoms with E-state index in [1.54, 1.807) is 6.20 Å². The number of fused-ring (bicyclic) bond motifs is 1. The number of aryl methyl sites for hydroxylation is 1. The highest BCUT2D eigenvalue weighted by atomic mass is 32.1. The molecule has 3 heterocycles. The summed E-state index contributed by atoms with van der Waals surface area (Å²) in [6, 6.07) is 8.74. The quantitative estimate of drug-likeness (QED) is 0.460. The van der Waals surface area contributed by atoms with E-state index in [0.29, 0.717) is 29.3 Å². The van der Waals surface area contributed by atoms with Crippen LogP contribution in [0.25, 0.3) is 0 Å². The number of aliphatic hydroxyl groups is 1. The van der Waals surface area contributed by atoms with Gasteiger partial charge in [-0.25, -0.2) is 9.97 Å². The van der Waals surface area contributed by atoms with Gasteiger partial charge in [-0.2, -0.15) is 0 Å². The molecule has 1 saturated carbocycles. The zero-order valence-electron chi connectivity index (χ0n) is 21.3. The van der Waals surface area contributed by atoms with Crippen LogP contribution in [0.5, 0.6) is 0 Å². The SMILES string of the molecule is Cc1sc(C(=O)c2cncnc2N[C@@H]2C[C@@H](C)[C@H](O)C2)cc1[C@H]1OCCc2ccc(CN(C)C)cc21. The van der Waals surface area contributed by atoms with Crippen LogP contribution >= 0.6 is 11.3 Å². The maximum Gasteiger partial charge on any atom is 0.208 e. The number of carbonyl (C=O) groups excluding carboxylic acids is 1. The van der Waals surface area contributed by atoms with E-state index in [4.69, 9.17) is 4.74 Å². The summed E-state index contributed by atoms with van der Waals surface area (Å²) in [6.45, 7) is 5.63. The number of nitrogens with one attached hydrogen (secondary N) is 1. The lowest BCUT2D eigenvalue weighted by Gasteiger charge is -2.27. The molecule has 8 heteroatoms. The Kier molecular flexibility index (Phi) is 7.21. The highest BCUT2D eigenvalue weighted by Gasteiger charge is 2.32. The van der Waals surface area contributed by atoms with Gasteiger partial charge >= 0.3 is 0 Å². The first-order chi connectivity index (χ1) is 17.3. The van der Waals surface area contributed by atoms with Gasteiger partial charge in [-0.3, -0.25) is 4.79 Å². The van der Waals surface area contributed by atoms with E-state index in [1.807, 2.05) is 13.0 Å². The summed E-state index contributed by atoms with van der Waals surface area (Å²) in [5, 5.41) is 13.5. The zero-order chi connectivity index (χ0) is 25.4. The number of anilines is 1. The lowest BCUT2D eigenvalue weighted by atomic mass is 9.91. The molecule has 0 spiro atoms. The van der Waals surface area contributed by atoms with Crippen LogP contribution in [0.2, 0.25) is 0 Å². The molecule has 0 saturated heterocycles. The van der Waals surface area contributed by atoms with Crippen LogP contribution in [-0.4, -0.2) is 58.6 Å². The third-order valence-corrected chi connectivity index (χ3v) is 8.31. The lowest BCUT2D eigenvalue weighted by molar-refractivity contribution is 0.0696. The van der Waals surface area contributed by atoms with Crippen molar-refractivity contribution in [1.29, 1.82) is 0 Å². The van der Waals surface area contributed by atoms with Crippen molar-refractivity contribution in [3.8, 4) is 0 Å². The molecule has 0 bridgehead atoms. The third-order valence-electron chi connectivity index (χ3n) is 7.25. The predicted molar refractivity (Wildman–Crippen MR) is 142 cm³/mol. The summed E-state index contributed by atoms with van der Waals surface area (Å²) < 4.78 is 6.28. The normalized spacial score (nSPS) is 23.6. The summed E-state index contributed by atoms with van der Waals surface area (Å²) in [7, 11) is 4.14. The number of hydrogen-bond acceptors (Lipinski definition) is 8. The molecule has 1 aliphatic heterocycles. The van der Waals surface area contributed by atoms with Crippen molar-refractivity contribution < 1.29 is 14.6 Å². The molecule has 2 aromatic heterocycles. The molecule has 7 nitrogen and oxygen atoms in total. The topological polar surface area (TPSA) is 87.6 Å². The zero-order valence-corrected chi connectivity index (χ0v) is 22.1. The van der Waals surface area contributed by atoms with Crippen LogP contribution in [0.3, 0.4) is 0 Å². The number of rotatable bonds is 7. The van der Waals surface area contributed by atoms with Gasteiger partial charge in [0.2, 0.25) is 5.78 Å².